The monoisotopic (exact) mass is 212 g/mol. The van der Waals surface area contributed by atoms with E-state index in [1.807, 2.05) is 13.8 Å². The SMILES string of the molecule is Cc1nc(C)c(C)c(SCC(=O)O)n1. The van der Waals surface area contributed by atoms with Crippen molar-refractivity contribution in [3.63, 3.8) is 0 Å². The van der Waals surface area contributed by atoms with Gasteiger partial charge in [-0.15, -0.1) is 0 Å². The molecule has 0 radical (unpaired) electrons. The number of hydrogen-bond acceptors (Lipinski definition) is 4. The minimum Gasteiger partial charge on any atom is -0.481 e. The summed E-state index contributed by atoms with van der Waals surface area (Å²) in [5, 5.41) is 9.30. The van der Waals surface area contributed by atoms with Crippen LogP contribution in [0.2, 0.25) is 0 Å². The molecule has 0 spiro atoms. The van der Waals surface area contributed by atoms with Gasteiger partial charge in [0.25, 0.3) is 0 Å². The van der Waals surface area contributed by atoms with Crippen LogP contribution in [0.5, 0.6) is 0 Å². The van der Waals surface area contributed by atoms with Crippen LogP contribution in [0.1, 0.15) is 17.1 Å². The third-order valence-corrected chi connectivity index (χ3v) is 2.85. The Bertz CT molecular complexity index is 366. The number of rotatable bonds is 3. The van der Waals surface area contributed by atoms with Gasteiger partial charge >= 0.3 is 5.97 Å². The summed E-state index contributed by atoms with van der Waals surface area (Å²) in [6.07, 6.45) is 0. The quantitative estimate of drug-likeness (QED) is 0.608. The lowest BCUT2D eigenvalue weighted by molar-refractivity contribution is -0.133. The highest BCUT2D eigenvalue weighted by Crippen LogP contribution is 2.21. The molecule has 0 aliphatic rings. The number of aromatic nitrogens is 2. The van der Waals surface area contributed by atoms with E-state index in [4.69, 9.17) is 5.11 Å². The summed E-state index contributed by atoms with van der Waals surface area (Å²) in [5.41, 5.74) is 1.87. The Morgan fingerprint density at radius 3 is 2.57 bits per heavy atom. The van der Waals surface area contributed by atoms with Gasteiger partial charge in [-0.25, -0.2) is 9.97 Å². The minimum atomic E-state index is -0.830. The highest BCUT2D eigenvalue weighted by molar-refractivity contribution is 7.99. The third-order valence-electron chi connectivity index (χ3n) is 1.79. The number of nitrogens with zero attached hydrogens (tertiary/aromatic N) is 2. The predicted molar refractivity (Wildman–Crippen MR) is 54.6 cm³/mol. The summed E-state index contributed by atoms with van der Waals surface area (Å²) < 4.78 is 0. The Kier molecular flexibility index (Phi) is 3.46. The van der Waals surface area contributed by atoms with Gasteiger partial charge < -0.3 is 5.11 Å². The normalized spacial score (nSPS) is 10.2. The Morgan fingerprint density at radius 1 is 1.36 bits per heavy atom. The van der Waals surface area contributed by atoms with Crippen LogP contribution in [0, 0.1) is 20.8 Å². The van der Waals surface area contributed by atoms with E-state index in [1.165, 1.54) is 11.8 Å². The van der Waals surface area contributed by atoms with Crippen molar-refractivity contribution in [1.29, 1.82) is 0 Å². The van der Waals surface area contributed by atoms with Crippen LogP contribution in [0.15, 0.2) is 5.03 Å². The maximum atomic E-state index is 10.4. The van der Waals surface area contributed by atoms with Gasteiger partial charge in [0.1, 0.15) is 10.9 Å². The molecule has 1 N–H and O–H groups in total. The molecule has 1 aromatic rings. The average molecular weight is 212 g/mol. The van der Waals surface area contributed by atoms with Crippen molar-refractivity contribution in [2.24, 2.45) is 0 Å². The van der Waals surface area contributed by atoms with Crippen molar-refractivity contribution in [3.8, 4) is 0 Å². The lowest BCUT2D eigenvalue weighted by Gasteiger charge is -2.06. The second-order valence-electron chi connectivity index (χ2n) is 2.97. The summed E-state index contributed by atoms with van der Waals surface area (Å²) in [6.45, 7) is 5.60. The molecule has 1 heterocycles. The Hall–Kier alpha value is -1.10. The van der Waals surface area contributed by atoms with E-state index in [1.54, 1.807) is 6.92 Å². The molecule has 0 fully saturated rings. The first-order valence-corrected chi connectivity index (χ1v) is 5.15. The van der Waals surface area contributed by atoms with Crippen LogP contribution in [0.25, 0.3) is 0 Å². The van der Waals surface area contributed by atoms with E-state index in [0.29, 0.717) is 5.82 Å². The third kappa shape index (κ3) is 2.70. The zero-order valence-corrected chi connectivity index (χ0v) is 9.18. The van der Waals surface area contributed by atoms with Crippen molar-refractivity contribution >= 4 is 17.7 Å². The van der Waals surface area contributed by atoms with Gasteiger partial charge in [0.2, 0.25) is 0 Å². The number of carbonyl (C=O) groups is 1. The number of carboxylic acid groups (broad SMARTS) is 1. The predicted octanol–water partition coefficient (Wildman–Crippen LogP) is 1.58. The van der Waals surface area contributed by atoms with Crippen molar-refractivity contribution < 1.29 is 9.90 Å². The summed E-state index contributed by atoms with van der Waals surface area (Å²) in [5.74, 6) is -0.110. The van der Waals surface area contributed by atoms with Gasteiger partial charge in [-0.05, 0) is 20.8 Å². The van der Waals surface area contributed by atoms with Crippen LogP contribution in [0.4, 0.5) is 0 Å². The molecule has 0 bridgehead atoms. The molecule has 0 aliphatic carbocycles. The molecule has 1 rings (SSSR count). The molecule has 0 saturated heterocycles. The zero-order chi connectivity index (χ0) is 10.7. The van der Waals surface area contributed by atoms with Crippen molar-refractivity contribution in [2.75, 3.05) is 5.75 Å². The second kappa shape index (κ2) is 4.41. The lowest BCUT2D eigenvalue weighted by Crippen LogP contribution is -2.02. The Morgan fingerprint density at radius 2 is 2.00 bits per heavy atom. The molecule has 0 saturated carbocycles. The molecule has 0 amide bonds. The van der Waals surface area contributed by atoms with E-state index in [2.05, 4.69) is 9.97 Å². The average Bonchev–Trinajstić information content (AvgIpc) is 2.08. The summed E-state index contributed by atoms with van der Waals surface area (Å²) >= 11 is 1.23. The molecule has 0 unspecified atom stereocenters. The first-order valence-electron chi connectivity index (χ1n) is 4.17. The maximum absolute atomic E-state index is 10.4. The summed E-state index contributed by atoms with van der Waals surface area (Å²) in [4.78, 5) is 18.8. The number of aliphatic carboxylic acids is 1. The summed E-state index contributed by atoms with van der Waals surface area (Å²) in [7, 11) is 0. The van der Waals surface area contributed by atoms with Crippen LogP contribution in [0.3, 0.4) is 0 Å². The van der Waals surface area contributed by atoms with Gasteiger partial charge in [0.15, 0.2) is 0 Å². The molecular weight excluding hydrogens is 200 g/mol. The molecule has 0 aliphatic heterocycles. The number of hydrogen-bond donors (Lipinski definition) is 1. The Labute approximate surface area is 86.8 Å². The van der Waals surface area contributed by atoms with Crippen LogP contribution in [-0.4, -0.2) is 26.8 Å². The molecule has 4 nitrogen and oxygen atoms in total. The van der Waals surface area contributed by atoms with Crippen molar-refractivity contribution in [3.05, 3.63) is 17.1 Å². The smallest absolute Gasteiger partial charge is 0.313 e. The lowest BCUT2D eigenvalue weighted by atomic mass is 10.3. The van der Waals surface area contributed by atoms with E-state index in [9.17, 15) is 4.79 Å². The first-order chi connectivity index (χ1) is 6.50. The highest BCUT2D eigenvalue weighted by Gasteiger charge is 2.08. The van der Waals surface area contributed by atoms with Crippen LogP contribution in [-0.2, 0) is 4.79 Å². The van der Waals surface area contributed by atoms with Crippen LogP contribution < -0.4 is 0 Å². The van der Waals surface area contributed by atoms with Crippen molar-refractivity contribution in [1.82, 2.24) is 9.97 Å². The van der Waals surface area contributed by atoms with Gasteiger partial charge in [-0.2, -0.15) is 0 Å². The van der Waals surface area contributed by atoms with E-state index < -0.39 is 5.97 Å². The molecule has 0 atom stereocenters. The van der Waals surface area contributed by atoms with Crippen molar-refractivity contribution in [2.45, 2.75) is 25.8 Å². The van der Waals surface area contributed by atoms with Gasteiger partial charge in [-0.1, -0.05) is 11.8 Å². The topological polar surface area (TPSA) is 63.1 Å². The highest BCUT2D eigenvalue weighted by atomic mass is 32.2. The fourth-order valence-electron chi connectivity index (χ4n) is 1.01. The fourth-order valence-corrected chi connectivity index (χ4v) is 1.83. The largest absolute Gasteiger partial charge is 0.481 e. The molecule has 5 heteroatoms. The molecule has 14 heavy (non-hydrogen) atoms. The van der Waals surface area contributed by atoms with E-state index >= 15 is 0 Å². The minimum absolute atomic E-state index is 0.0384. The Balaban J connectivity index is 2.90. The zero-order valence-electron chi connectivity index (χ0n) is 8.37. The second-order valence-corrected chi connectivity index (χ2v) is 3.93. The van der Waals surface area contributed by atoms with Gasteiger partial charge in [0, 0.05) is 11.3 Å². The maximum Gasteiger partial charge on any atom is 0.313 e. The van der Waals surface area contributed by atoms with E-state index in [0.717, 1.165) is 16.3 Å². The fraction of sp³-hybridized carbons (Fsp3) is 0.444. The first kappa shape index (κ1) is 11.0. The summed E-state index contributed by atoms with van der Waals surface area (Å²) in [6, 6.07) is 0. The van der Waals surface area contributed by atoms with Gasteiger partial charge in [-0.3, -0.25) is 4.79 Å². The number of thioether (sulfide) groups is 1. The van der Waals surface area contributed by atoms with Crippen LogP contribution >= 0.6 is 11.8 Å². The molecule has 76 valence electrons. The standard InChI is InChI=1S/C9H12N2O2S/c1-5-6(2)10-7(3)11-9(5)14-4-8(12)13/h4H2,1-3H3,(H,12,13). The van der Waals surface area contributed by atoms with E-state index in [-0.39, 0.29) is 5.75 Å². The number of carboxylic acids is 1. The molecular formula is C9H12N2O2S. The van der Waals surface area contributed by atoms with Gasteiger partial charge in [0.05, 0.1) is 5.75 Å². The molecule has 1 aromatic heterocycles. The number of aryl methyl sites for hydroxylation is 2. The molecule has 0 aromatic carbocycles.